The quantitative estimate of drug-likeness (QED) is 0.451. The Morgan fingerprint density at radius 1 is 1.05 bits per heavy atom. The molecule has 0 saturated carbocycles. The van der Waals surface area contributed by atoms with Crippen molar-refractivity contribution in [1.82, 2.24) is 0 Å². The van der Waals surface area contributed by atoms with Crippen molar-refractivity contribution in [3.05, 3.63) is 61.0 Å². The third kappa shape index (κ3) is 3.24. The summed E-state index contributed by atoms with van der Waals surface area (Å²) in [6.45, 7) is 6.70. The first-order valence-electron chi connectivity index (χ1n) is 6.33. The Bertz CT molecular complexity index is 796. The van der Waals surface area contributed by atoms with Crippen LogP contribution in [0.15, 0.2) is 61.0 Å². The van der Waals surface area contributed by atoms with E-state index >= 15 is 0 Å². The molecule has 2 rings (SSSR count). The van der Waals surface area contributed by atoms with E-state index in [1.165, 1.54) is 0 Å². The van der Waals surface area contributed by atoms with E-state index in [9.17, 15) is 9.59 Å². The van der Waals surface area contributed by atoms with Crippen LogP contribution in [0.25, 0.3) is 10.8 Å². The molecule has 0 fully saturated rings. The molecule has 0 spiro atoms. The Labute approximate surface area is 127 Å². The molecule has 1 amide bonds. The third-order valence-electron chi connectivity index (χ3n) is 2.86. The van der Waals surface area contributed by atoms with E-state index < -0.39 is 11.9 Å². The summed E-state index contributed by atoms with van der Waals surface area (Å²) in [6, 6.07) is 10.3. The Morgan fingerprint density at radius 2 is 1.77 bits per heavy atom. The third-order valence-corrected chi connectivity index (χ3v) is 2.86. The van der Waals surface area contributed by atoms with Crippen molar-refractivity contribution in [2.24, 2.45) is 11.5 Å². The van der Waals surface area contributed by atoms with E-state index in [2.05, 4.69) is 18.5 Å². The highest BCUT2D eigenvalue weighted by molar-refractivity contribution is 6.08. The second-order valence-corrected chi connectivity index (χ2v) is 4.58. The molecule has 0 aliphatic carbocycles. The summed E-state index contributed by atoms with van der Waals surface area (Å²) in [5, 5.41) is 4.20. The summed E-state index contributed by atoms with van der Waals surface area (Å²) in [4.78, 5) is 23.0. The van der Waals surface area contributed by atoms with Gasteiger partial charge in [-0.05, 0) is 29.7 Å². The molecule has 0 radical (unpaired) electrons. The number of carbonyl (C=O) groups is 2. The predicted octanol–water partition coefficient (Wildman–Crippen LogP) is 1.63. The molecule has 0 bridgehead atoms. The molecule has 6 nitrogen and oxygen atoms in total. The van der Waals surface area contributed by atoms with Gasteiger partial charge in [0.05, 0.1) is 5.70 Å². The van der Waals surface area contributed by atoms with Gasteiger partial charge in [-0.15, -0.1) is 0 Å². The normalized spacial score (nSPS) is 10.0. The molecule has 0 aromatic heterocycles. The minimum Gasteiger partial charge on any atom is -0.422 e. The lowest BCUT2D eigenvalue weighted by atomic mass is 10.1. The fourth-order valence-corrected chi connectivity index (χ4v) is 1.81. The maximum atomic E-state index is 11.6. The zero-order valence-electron chi connectivity index (χ0n) is 11.8. The summed E-state index contributed by atoms with van der Waals surface area (Å²) in [5.41, 5.74) is 10.9. The van der Waals surface area contributed by atoms with Gasteiger partial charge in [-0.25, -0.2) is 4.79 Å². The number of benzene rings is 2. The first-order chi connectivity index (χ1) is 10.4. The van der Waals surface area contributed by atoms with Crippen LogP contribution in [-0.4, -0.2) is 11.9 Å². The highest BCUT2D eigenvalue weighted by Crippen LogP contribution is 2.27. The molecule has 22 heavy (non-hydrogen) atoms. The lowest BCUT2D eigenvalue weighted by Gasteiger charge is -2.10. The number of nitrogens with one attached hydrogen (secondary N) is 1. The van der Waals surface area contributed by atoms with Crippen molar-refractivity contribution < 1.29 is 14.3 Å². The molecule has 0 unspecified atom stereocenters. The van der Waals surface area contributed by atoms with Crippen LogP contribution in [0.4, 0.5) is 5.69 Å². The average Bonchev–Trinajstić information content (AvgIpc) is 2.47. The topological polar surface area (TPSA) is 107 Å². The zero-order valence-corrected chi connectivity index (χ0v) is 11.8. The van der Waals surface area contributed by atoms with Crippen molar-refractivity contribution in [3.63, 3.8) is 0 Å². The molecular weight excluding hydrogens is 282 g/mol. The highest BCUT2D eigenvalue weighted by atomic mass is 16.5. The van der Waals surface area contributed by atoms with Crippen molar-refractivity contribution in [3.8, 4) is 5.75 Å². The Balaban J connectivity index is 2.35. The second kappa shape index (κ2) is 6.01. The van der Waals surface area contributed by atoms with Gasteiger partial charge in [0, 0.05) is 11.1 Å². The maximum absolute atomic E-state index is 11.6. The van der Waals surface area contributed by atoms with Crippen molar-refractivity contribution in [2.75, 3.05) is 5.32 Å². The van der Waals surface area contributed by atoms with Gasteiger partial charge in [0.25, 0.3) is 5.91 Å². The van der Waals surface area contributed by atoms with Crippen molar-refractivity contribution in [1.29, 1.82) is 0 Å². The summed E-state index contributed by atoms with van der Waals surface area (Å²) in [5.74, 6) is -0.846. The largest absolute Gasteiger partial charge is 0.422 e. The fourth-order valence-electron chi connectivity index (χ4n) is 1.81. The molecule has 112 valence electrons. The molecule has 0 aliphatic heterocycles. The number of hydrogen-bond donors (Lipinski definition) is 3. The summed E-state index contributed by atoms with van der Waals surface area (Å²) in [6.07, 6.45) is 0. The van der Waals surface area contributed by atoms with Crippen LogP contribution in [0.5, 0.6) is 5.75 Å². The molecule has 5 N–H and O–H groups in total. The van der Waals surface area contributed by atoms with Crippen molar-refractivity contribution >= 4 is 28.3 Å². The molecular formula is C16H15N3O3. The van der Waals surface area contributed by atoms with Crippen LogP contribution in [-0.2, 0) is 9.59 Å². The van der Waals surface area contributed by atoms with E-state index in [4.69, 9.17) is 16.2 Å². The van der Waals surface area contributed by atoms with Crippen LogP contribution >= 0.6 is 0 Å². The first-order valence-corrected chi connectivity index (χ1v) is 6.33. The van der Waals surface area contributed by atoms with E-state index in [1.807, 2.05) is 6.07 Å². The number of fused-ring (bicyclic) bond motifs is 1. The highest BCUT2D eigenvalue weighted by Gasteiger charge is 2.10. The standard InChI is InChI=1S/C16H15N3O3/c1-9(17)15(20)19-14-5-3-4-11-8-12(6-7-13(11)14)22-16(21)10(2)18/h3-8H,1-2,17-18H2,(H,19,20). The molecule has 0 aliphatic rings. The fraction of sp³-hybridized carbons (Fsp3) is 0. The van der Waals surface area contributed by atoms with Gasteiger partial charge in [0.1, 0.15) is 11.4 Å². The van der Waals surface area contributed by atoms with E-state index in [1.54, 1.807) is 30.3 Å². The number of amides is 1. The Morgan fingerprint density at radius 3 is 2.41 bits per heavy atom. The maximum Gasteiger partial charge on any atom is 0.358 e. The second-order valence-electron chi connectivity index (χ2n) is 4.58. The molecule has 0 atom stereocenters. The Kier molecular flexibility index (Phi) is 4.13. The summed E-state index contributed by atoms with van der Waals surface area (Å²) in [7, 11) is 0. The van der Waals surface area contributed by atoms with Gasteiger partial charge >= 0.3 is 5.97 Å². The minimum atomic E-state index is -0.705. The number of rotatable bonds is 4. The van der Waals surface area contributed by atoms with Crippen LogP contribution in [0, 0.1) is 0 Å². The van der Waals surface area contributed by atoms with Crippen LogP contribution in [0.1, 0.15) is 0 Å². The van der Waals surface area contributed by atoms with Crippen molar-refractivity contribution in [2.45, 2.75) is 0 Å². The van der Waals surface area contributed by atoms with E-state index in [0.717, 1.165) is 10.8 Å². The number of esters is 1. The molecule has 0 heterocycles. The van der Waals surface area contributed by atoms with Crippen LogP contribution in [0.2, 0.25) is 0 Å². The minimum absolute atomic E-state index is 0.0796. The lowest BCUT2D eigenvalue weighted by molar-refractivity contribution is -0.130. The molecule has 2 aromatic carbocycles. The lowest BCUT2D eigenvalue weighted by Crippen LogP contribution is -2.19. The van der Waals surface area contributed by atoms with E-state index in [0.29, 0.717) is 11.4 Å². The summed E-state index contributed by atoms with van der Waals surface area (Å²) < 4.78 is 5.06. The van der Waals surface area contributed by atoms with E-state index in [-0.39, 0.29) is 11.4 Å². The van der Waals surface area contributed by atoms with Crippen LogP contribution in [0.3, 0.4) is 0 Å². The first kappa shape index (κ1) is 15.1. The average molecular weight is 297 g/mol. The van der Waals surface area contributed by atoms with Gasteiger partial charge < -0.3 is 21.5 Å². The smallest absolute Gasteiger partial charge is 0.358 e. The number of ether oxygens (including phenoxy) is 1. The SMILES string of the molecule is C=C(N)C(=O)Nc1cccc2cc(OC(=O)C(=C)N)ccc12. The monoisotopic (exact) mass is 297 g/mol. The van der Waals surface area contributed by atoms with Gasteiger partial charge in [0.15, 0.2) is 0 Å². The molecule has 2 aromatic rings. The number of nitrogens with two attached hydrogens (primary N) is 2. The number of anilines is 1. The predicted molar refractivity (Wildman–Crippen MR) is 84.9 cm³/mol. The molecule has 6 heteroatoms. The van der Waals surface area contributed by atoms with Gasteiger partial charge in [0.2, 0.25) is 0 Å². The number of carbonyl (C=O) groups excluding carboxylic acids is 2. The Hall–Kier alpha value is -3.28. The number of hydrogen-bond acceptors (Lipinski definition) is 5. The zero-order chi connectivity index (χ0) is 16.3. The van der Waals surface area contributed by atoms with Gasteiger partial charge in [-0.1, -0.05) is 25.3 Å². The molecule has 0 saturated heterocycles. The van der Waals surface area contributed by atoms with Gasteiger partial charge in [-0.2, -0.15) is 0 Å². The summed E-state index contributed by atoms with van der Waals surface area (Å²) >= 11 is 0. The van der Waals surface area contributed by atoms with Gasteiger partial charge in [-0.3, -0.25) is 4.79 Å². The van der Waals surface area contributed by atoms with Crippen LogP contribution < -0.4 is 21.5 Å².